The van der Waals surface area contributed by atoms with Gasteiger partial charge in [0.05, 0.1) is 5.02 Å². The van der Waals surface area contributed by atoms with E-state index in [4.69, 9.17) is 22.1 Å². The van der Waals surface area contributed by atoms with Crippen LogP contribution in [-0.4, -0.2) is 9.97 Å². The minimum atomic E-state index is 0.452. The summed E-state index contributed by atoms with van der Waals surface area (Å²) in [5.41, 5.74) is 7.43. The smallest absolute Gasteiger partial charge is 0.222 e. The van der Waals surface area contributed by atoms with Crippen LogP contribution in [0.4, 0.5) is 0 Å². The highest BCUT2D eigenvalue weighted by molar-refractivity contribution is 6.32. The predicted octanol–water partition coefficient (Wildman–Crippen LogP) is 2.94. The van der Waals surface area contributed by atoms with E-state index in [1.807, 2.05) is 13.0 Å². The number of benzene rings is 1. The molecule has 0 amide bonds. The zero-order valence-corrected chi connectivity index (χ0v) is 10.8. The number of aryl methyl sites for hydroxylation is 1. The standard InChI is InChI=1S/C13H14ClN3O/c1-2-10-6-13(17-8-16-10)18-12-4-3-9(7-15)5-11(12)14/h3-6,8H,2,7,15H2,1H3. The van der Waals surface area contributed by atoms with Gasteiger partial charge < -0.3 is 10.5 Å². The highest BCUT2D eigenvalue weighted by Crippen LogP contribution is 2.29. The molecule has 1 heterocycles. The van der Waals surface area contributed by atoms with Crippen molar-refractivity contribution in [2.24, 2.45) is 5.73 Å². The number of halogens is 1. The maximum absolute atomic E-state index is 6.11. The Morgan fingerprint density at radius 2 is 2.11 bits per heavy atom. The van der Waals surface area contributed by atoms with Gasteiger partial charge in [-0.25, -0.2) is 9.97 Å². The van der Waals surface area contributed by atoms with E-state index >= 15 is 0 Å². The molecule has 18 heavy (non-hydrogen) atoms. The summed E-state index contributed by atoms with van der Waals surface area (Å²) in [6, 6.07) is 7.26. The minimum Gasteiger partial charge on any atom is -0.437 e. The maximum Gasteiger partial charge on any atom is 0.222 e. The molecule has 2 aromatic rings. The fourth-order valence-corrected chi connectivity index (χ4v) is 1.73. The Kier molecular flexibility index (Phi) is 4.12. The van der Waals surface area contributed by atoms with Crippen molar-refractivity contribution in [1.29, 1.82) is 0 Å². The van der Waals surface area contributed by atoms with Gasteiger partial charge in [-0.05, 0) is 24.1 Å². The molecule has 94 valence electrons. The number of rotatable bonds is 4. The number of ether oxygens (including phenoxy) is 1. The molecule has 0 bridgehead atoms. The number of hydrogen-bond donors (Lipinski definition) is 1. The van der Waals surface area contributed by atoms with Crippen LogP contribution in [0.1, 0.15) is 18.2 Å². The fourth-order valence-electron chi connectivity index (χ4n) is 1.49. The van der Waals surface area contributed by atoms with Crippen LogP contribution in [0.3, 0.4) is 0 Å². The summed E-state index contributed by atoms with van der Waals surface area (Å²) in [4.78, 5) is 8.16. The molecule has 0 aliphatic heterocycles. The summed E-state index contributed by atoms with van der Waals surface area (Å²) in [6.45, 7) is 2.47. The maximum atomic E-state index is 6.11. The average Bonchev–Trinajstić information content (AvgIpc) is 2.41. The van der Waals surface area contributed by atoms with E-state index in [-0.39, 0.29) is 0 Å². The molecular formula is C13H14ClN3O. The van der Waals surface area contributed by atoms with Crippen molar-refractivity contribution in [2.75, 3.05) is 0 Å². The van der Waals surface area contributed by atoms with E-state index in [1.54, 1.807) is 18.2 Å². The van der Waals surface area contributed by atoms with Crippen LogP contribution in [0.2, 0.25) is 5.02 Å². The Morgan fingerprint density at radius 1 is 1.28 bits per heavy atom. The van der Waals surface area contributed by atoms with Gasteiger partial charge in [-0.2, -0.15) is 0 Å². The quantitative estimate of drug-likeness (QED) is 0.921. The van der Waals surface area contributed by atoms with Crippen LogP contribution in [0.5, 0.6) is 11.6 Å². The first-order chi connectivity index (χ1) is 8.72. The molecule has 1 aromatic heterocycles. The molecule has 0 aliphatic carbocycles. The average molecular weight is 264 g/mol. The second kappa shape index (κ2) is 5.80. The van der Waals surface area contributed by atoms with Gasteiger partial charge in [0.2, 0.25) is 5.88 Å². The van der Waals surface area contributed by atoms with Crippen molar-refractivity contribution in [3.05, 3.63) is 46.9 Å². The Morgan fingerprint density at radius 3 is 2.78 bits per heavy atom. The summed E-state index contributed by atoms with van der Waals surface area (Å²) >= 11 is 6.11. The van der Waals surface area contributed by atoms with Gasteiger partial charge in [0.15, 0.2) is 0 Å². The van der Waals surface area contributed by atoms with Gasteiger partial charge in [0.1, 0.15) is 12.1 Å². The van der Waals surface area contributed by atoms with Crippen molar-refractivity contribution >= 4 is 11.6 Å². The van der Waals surface area contributed by atoms with Crippen molar-refractivity contribution < 1.29 is 4.74 Å². The third-order valence-electron chi connectivity index (χ3n) is 2.51. The van der Waals surface area contributed by atoms with Crippen molar-refractivity contribution in [3.8, 4) is 11.6 Å². The molecular weight excluding hydrogens is 250 g/mol. The summed E-state index contributed by atoms with van der Waals surface area (Å²) in [5.74, 6) is 1.05. The summed E-state index contributed by atoms with van der Waals surface area (Å²) < 4.78 is 5.63. The van der Waals surface area contributed by atoms with Crippen molar-refractivity contribution in [3.63, 3.8) is 0 Å². The number of aromatic nitrogens is 2. The van der Waals surface area contributed by atoms with E-state index in [9.17, 15) is 0 Å². The first-order valence-electron chi connectivity index (χ1n) is 5.70. The lowest BCUT2D eigenvalue weighted by atomic mass is 10.2. The topological polar surface area (TPSA) is 61.0 Å². The van der Waals surface area contributed by atoms with E-state index in [0.717, 1.165) is 17.7 Å². The van der Waals surface area contributed by atoms with Crippen LogP contribution in [-0.2, 0) is 13.0 Å². The lowest BCUT2D eigenvalue weighted by Crippen LogP contribution is -1.97. The van der Waals surface area contributed by atoms with Gasteiger partial charge in [-0.15, -0.1) is 0 Å². The predicted molar refractivity (Wildman–Crippen MR) is 70.8 cm³/mol. The van der Waals surface area contributed by atoms with E-state index in [1.165, 1.54) is 6.33 Å². The zero-order chi connectivity index (χ0) is 13.0. The Labute approximate surface area is 111 Å². The Hall–Kier alpha value is -1.65. The first kappa shape index (κ1) is 12.8. The second-order valence-electron chi connectivity index (χ2n) is 3.77. The van der Waals surface area contributed by atoms with Gasteiger partial charge in [0.25, 0.3) is 0 Å². The molecule has 5 heteroatoms. The first-order valence-corrected chi connectivity index (χ1v) is 6.08. The summed E-state index contributed by atoms with van der Waals surface area (Å²) in [6.07, 6.45) is 2.31. The van der Waals surface area contributed by atoms with E-state index < -0.39 is 0 Å². The number of nitrogens with two attached hydrogens (primary N) is 1. The van der Waals surface area contributed by atoms with Gasteiger partial charge >= 0.3 is 0 Å². The van der Waals surface area contributed by atoms with Crippen LogP contribution in [0.15, 0.2) is 30.6 Å². The SMILES string of the molecule is CCc1cc(Oc2ccc(CN)cc2Cl)ncn1. The molecule has 2 N–H and O–H groups in total. The van der Waals surface area contributed by atoms with Crippen LogP contribution in [0.25, 0.3) is 0 Å². The molecule has 0 spiro atoms. The fraction of sp³-hybridized carbons (Fsp3) is 0.231. The van der Waals surface area contributed by atoms with Crippen LogP contribution >= 0.6 is 11.6 Å². The van der Waals surface area contributed by atoms with Crippen molar-refractivity contribution in [2.45, 2.75) is 19.9 Å². The second-order valence-corrected chi connectivity index (χ2v) is 4.18. The van der Waals surface area contributed by atoms with Gasteiger partial charge in [0, 0.05) is 18.3 Å². The third kappa shape index (κ3) is 2.97. The largest absolute Gasteiger partial charge is 0.437 e. The third-order valence-corrected chi connectivity index (χ3v) is 2.80. The lowest BCUT2D eigenvalue weighted by Gasteiger charge is -2.08. The molecule has 0 unspecified atom stereocenters. The molecule has 0 saturated heterocycles. The summed E-state index contributed by atoms with van der Waals surface area (Å²) in [7, 11) is 0. The minimum absolute atomic E-state index is 0.452. The zero-order valence-electron chi connectivity index (χ0n) is 10.1. The molecule has 0 saturated carbocycles. The normalized spacial score (nSPS) is 10.4. The van der Waals surface area contributed by atoms with Gasteiger partial charge in [-0.3, -0.25) is 0 Å². The molecule has 4 nitrogen and oxygen atoms in total. The molecule has 0 radical (unpaired) electrons. The number of hydrogen-bond acceptors (Lipinski definition) is 4. The molecule has 0 fully saturated rings. The van der Waals surface area contributed by atoms with Crippen molar-refractivity contribution in [1.82, 2.24) is 9.97 Å². The summed E-state index contributed by atoms with van der Waals surface area (Å²) in [5, 5.41) is 0.523. The van der Waals surface area contributed by atoms with Gasteiger partial charge in [-0.1, -0.05) is 24.6 Å². The molecule has 0 aliphatic rings. The van der Waals surface area contributed by atoms with E-state index in [0.29, 0.717) is 23.2 Å². The highest BCUT2D eigenvalue weighted by Gasteiger charge is 2.05. The lowest BCUT2D eigenvalue weighted by molar-refractivity contribution is 0.460. The van der Waals surface area contributed by atoms with Crippen LogP contribution < -0.4 is 10.5 Å². The highest BCUT2D eigenvalue weighted by atomic mass is 35.5. The van der Waals surface area contributed by atoms with E-state index in [2.05, 4.69) is 9.97 Å². The monoisotopic (exact) mass is 263 g/mol. The Bertz CT molecular complexity index is 546. The molecule has 1 aromatic carbocycles. The Balaban J connectivity index is 2.22. The number of nitrogens with zero attached hydrogens (tertiary/aromatic N) is 2. The molecule has 0 atom stereocenters. The van der Waals surface area contributed by atoms with Crippen LogP contribution in [0, 0.1) is 0 Å². The molecule has 2 rings (SSSR count).